The van der Waals surface area contributed by atoms with Gasteiger partial charge in [-0.2, -0.15) is 9.57 Å². The molecule has 5 heteroatoms. The summed E-state index contributed by atoms with van der Waals surface area (Å²) in [6.07, 6.45) is 0.527. The Kier molecular flexibility index (Phi) is 4.88. The van der Waals surface area contributed by atoms with Crippen LogP contribution in [-0.2, 0) is 10.0 Å². The summed E-state index contributed by atoms with van der Waals surface area (Å²) in [6, 6.07) is 9.60. The molecule has 0 spiro atoms. The molecule has 1 aromatic rings. The molecule has 0 heterocycles. The lowest BCUT2D eigenvalue weighted by Gasteiger charge is -2.23. The van der Waals surface area contributed by atoms with Crippen LogP contribution in [0.15, 0.2) is 35.2 Å². The van der Waals surface area contributed by atoms with Crippen LogP contribution in [0.25, 0.3) is 0 Å². The lowest BCUT2D eigenvalue weighted by Crippen LogP contribution is -2.36. The molecular weight excluding hydrogens is 248 g/mol. The average Bonchev–Trinajstić information content (AvgIpc) is 2.36. The molecule has 0 saturated heterocycles. The molecule has 4 nitrogen and oxygen atoms in total. The molecule has 0 fully saturated rings. The van der Waals surface area contributed by atoms with Gasteiger partial charge in [-0.15, -0.1) is 0 Å². The van der Waals surface area contributed by atoms with E-state index in [0.29, 0.717) is 6.42 Å². The number of rotatable bonds is 5. The highest BCUT2D eigenvalue weighted by molar-refractivity contribution is 7.89. The van der Waals surface area contributed by atoms with Crippen LogP contribution in [0.3, 0.4) is 0 Å². The molecule has 0 aliphatic carbocycles. The molecule has 0 aliphatic heterocycles. The van der Waals surface area contributed by atoms with Gasteiger partial charge in [0.1, 0.15) is 6.04 Å². The summed E-state index contributed by atoms with van der Waals surface area (Å²) in [7, 11) is -2.13. The van der Waals surface area contributed by atoms with E-state index in [0.717, 1.165) is 4.31 Å². The summed E-state index contributed by atoms with van der Waals surface area (Å²) in [5.74, 6) is 0.267. The zero-order chi connectivity index (χ0) is 13.8. The van der Waals surface area contributed by atoms with Crippen molar-refractivity contribution < 1.29 is 8.42 Å². The van der Waals surface area contributed by atoms with Gasteiger partial charge in [-0.05, 0) is 24.5 Å². The van der Waals surface area contributed by atoms with E-state index in [1.807, 2.05) is 13.8 Å². The molecule has 1 aromatic carbocycles. The molecule has 0 radical (unpaired) electrons. The van der Waals surface area contributed by atoms with E-state index in [-0.39, 0.29) is 10.8 Å². The van der Waals surface area contributed by atoms with E-state index in [4.69, 9.17) is 5.26 Å². The zero-order valence-electron chi connectivity index (χ0n) is 10.9. The Morgan fingerprint density at radius 3 is 2.28 bits per heavy atom. The number of hydrogen-bond donors (Lipinski definition) is 0. The van der Waals surface area contributed by atoms with Crippen molar-refractivity contribution in [2.75, 3.05) is 7.05 Å². The smallest absolute Gasteiger partial charge is 0.207 e. The second-order valence-corrected chi connectivity index (χ2v) is 6.61. The molecule has 18 heavy (non-hydrogen) atoms. The van der Waals surface area contributed by atoms with Crippen molar-refractivity contribution >= 4 is 10.0 Å². The van der Waals surface area contributed by atoms with Gasteiger partial charge in [-0.1, -0.05) is 32.0 Å². The molecule has 98 valence electrons. The Bertz CT molecular complexity index is 518. The standard InChI is InChI=1S/C13H18N2O2S/c1-11(2)9-12(10-14)15(3)18(16,17)13-7-5-4-6-8-13/h4-8,11-12H,9H2,1-3H3. The van der Waals surface area contributed by atoms with Gasteiger partial charge in [-0.25, -0.2) is 8.42 Å². The molecule has 1 rings (SSSR count). The lowest BCUT2D eigenvalue weighted by molar-refractivity contribution is 0.371. The summed E-state index contributed by atoms with van der Waals surface area (Å²) in [5.41, 5.74) is 0. The minimum absolute atomic E-state index is 0.219. The molecule has 0 amide bonds. The van der Waals surface area contributed by atoms with Crippen molar-refractivity contribution in [2.24, 2.45) is 5.92 Å². The van der Waals surface area contributed by atoms with Crippen molar-refractivity contribution in [3.05, 3.63) is 30.3 Å². The maximum Gasteiger partial charge on any atom is 0.244 e. The van der Waals surface area contributed by atoms with E-state index in [1.165, 1.54) is 19.2 Å². The molecule has 1 unspecified atom stereocenters. The summed E-state index contributed by atoms with van der Waals surface area (Å²) < 4.78 is 25.7. The van der Waals surface area contributed by atoms with Gasteiger partial charge in [0.05, 0.1) is 11.0 Å². The van der Waals surface area contributed by atoms with E-state index < -0.39 is 16.1 Å². The van der Waals surface area contributed by atoms with Crippen molar-refractivity contribution in [1.29, 1.82) is 5.26 Å². The molecular formula is C13H18N2O2S. The Morgan fingerprint density at radius 1 is 1.28 bits per heavy atom. The average molecular weight is 266 g/mol. The Hall–Kier alpha value is -1.38. The molecule has 0 N–H and O–H groups in total. The van der Waals surface area contributed by atoms with Gasteiger partial charge in [0.2, 0.25) is 10.0 Å². The van der Waals surface area contributed by atoms with Crippen LogP contribution < -0.4 is 0 Å². The van der Waals surface area contributed by atoms with Gasteiger partial charge in [0, 0.05) is 7.05 Å². The predicted octanol–water partition coefficient (Wildman–Crippen LogP) is 2.25. The fourth-order valence-electron chi connectivity index (χ4n) is 1.66. The highest BCUT2D eigenvalue weighted by Crippen LogP contribution is 2.19. The SMILES string of the molecule is CC(C)CC(C#N)N(C)S(=O)(=O)c1ccccc1. The number of nitriles is 1. The largest absolute Gasteiger partial charge is 0.244 e. The summed E-state index contributed by atoms with van der Waals surface area (Å²) in [6.45, 7) is 3.93. The summed E-state index contributed by atoms with van der Waals surface area (Å²) >= 11 is 0. The van der Waals surface area contributed by atoms with Gasteiger partial charge in [-0.3, -0.25) is 0 Å². The summed E-state index contributed by atoms with van der Waals surface area (Å²) in [4.78, 5) is 0.219. The molecule has 0 aliphatic rings. The first-order valence-corrected chi connectivity index (χ1v) is 7.26. The molecule has 0 aromatic heterocycles. The second-order valence-electron chi connectivity index (χ2n) is 4.61. The van der Waals surface area contributed by atoms with E-state index in [9.17, 15) is 8.42 Å². The first-order chi connectivity index (χ1) is 8.39. The van der Waals surface area contributed by atoms with E-state index >= 15 is 0 Å². The lowest BCUT2D eigenvalue weighted by atomic mass is 10.1. The van der Waals surface area contributed by atoms with Crippen LogP contribution in [0.2, 0.25) is 0 Å². The Labute approximate surface area is 109 Å². The Morgan fingerprint density at radius 2 is 1.83 bits per heavy atom. The molecule has 0 saturated carbocycles. The van der Waals surface area contributed by atoms with Gasteiger partial charge < -0.3 is 0 Å². The fraction of sp³-hybridized carbons (Fsp3) is 0.462. The number of sulfonamides is 1. The van der Waals surface area contributed by atoms with E-state index in [2.05, 4.69) is 6.07 Å². The molecule has 1 atom stereocenters. The normalized spacial score (nSPS) is 13.6. The minimum Gasteiger partial charge on any atom is -0.207 e. The third-order valence-electron chi connectivity index (χ3n) is 2.70. The van der Waals surface area contributed by atoms with Crippen LogP contribution in [-0.4, -0.2) is 25.8 Å². The monoisotopic (exact) mass is 266 g/mol. The highest BCUT2D eigenvalue weighted by Gasteiger charge is 2.28. The number of nitrogens with zero attached hydrogens (tertiary/aromatic N) is 2. The topological polar surface area (TPSA) is 61.2 Å². The summed E-state index contributed by atoms with van der Waals surface area (Å²) in [5, 5.41) is 9.10. The van der Waals surface area contributed by atoms with Gasteiger partial charge in [0.25, 0.3) is 0 Å². The minimum atomic E-state index is -3.59. The van der Waals surface area contributed by atoms with Crippen molar-refractivity contribution in [3.8, 4) is 6.07 Å². The van der Waals surface area contributed by atoms with Crippen molar-refractivity contribution in [3.63, 3.8) is 0 Å². The first-order valence-electron chi connectivity index (χ1n) is 5.82. The van der Waals surface area contributed by atoms with Crippen LogP contribution in [0, 0.1) is 17.2 Å². The van der Waals surface area contributed by atoms with Crippen molar-refractivity contribution in [1.82, 2.24) is 4.31 Å². The fourth-order valence-corrected chi connectivity index (χ4v) is 2.96. The quantitative estimate of drug-likeness (QED) is 0.821. The number of benzene rings is 1. The number of hydrogen-bond acceptors (Lipinski definition) is 3. The van der Waals surface area contributed by atoms with Crippen LogP contribution >= 0.6 is 0 Å². The predicted molar refractivity (Wildman–Crippen MR) is 70.2 cm³/mol. The maximum atomic E-state index is 12.3. The first kappa shape index (κ1) is 14.7. The van der Waals surface area contributed by atoms with Crippen LogP contribution in [0.5, 0.6) is 0 Å². The van der Waals surface area contributed by atoms with Crippen LogP contribution in [0.4, 0.5) is 0 Å². The second kappa shape index (κ2) is 5.98. The highest BCUT2D eigenvalue weighted by atomic mass is 32.2. The van der Waals surface area contributed by atoms with Gasteiger partial charge in [0.15, 0.2) is 0 Å². The third-order valence-corrected chi connectivity index (χ3v) is 4.58. The maximum absolute atomic E-state index is 12.3. The molecule has 0 bridgehead atoms. The van der Waals surface area contributed by atoms with Gasteiger partial charge >= 0.3 is 0 Å². The zero-order valence-corrected chi connectivity index (χ0v) is 11.7. The van der Waals surface area contributed by atoms with E-state index in [1.54, 1.807) is 18.2 Å². The Balaban J connectivity index is 3.02. The van der Waals surface area contributed by atoms with Crippen molar-refractivity contribution in [2.45, 2.75) is 31.2 Å². The van der Waals surface area contributed by atoms with Crippen LogP contribution in [0.1, 0.15) is 20.3 Å². The third kappa shape index (κ3) is 3.31.